The molecule has 0 aliphatic rings. The Hall–Kier alpha value is -0.620. The second-order valence-corrected chi connectivity index (χ2v) is 8.30. The number of hydrogen-bond donors (Lipinski definition) is 1. The van der Waals surface area contributed by atoms with Crippen molar-refractivity contribution in [1.82, 2.24) is 0 Å². The molecule has 0 bridgehead atoms. The van der Waals surface area contributed by atoms with Gasteiger partial charge in [0.25, 0.3) is 0 Å². The average molecular weight is 415 g/mol. The molecule has 0 aliphatic carbocycles. The Morgan fingerprint density at radius 1 is 1.30 bits per heavy atom. The number of halogens is 2. The van der Waals surface area contributed by atoms with Gasteiger partial charge in [-0.2, -0.15) is 0 Å². The highest BCUT2D eigenvalue weighted by Gasteiger charge is 2.23. The highest BCUT2D eigenvalue weighted by Crippen LogP contribution is 2.40. The van der Waals surface area contributed by atoms with Crippen LogP contribution in [-0.4, -0.2) is 0 Å². The van der Waals surface area contributed by atoms with Gasteiger partial charge >= 0.3 is 0 Å². The van der Waals surface area contributed by atoms with Crippen molar-refractivity contribution in [2.75, 3.05) is 0 Å². The summed E-state index contributed by atoms with van der Waals surface area (Å²) in [4.78, 5) is 0. The first kappa shape index (κ1) is 14.3. The topological polar surface area (TPSA) is 39.2 Å². The second-order valence-electron chi connectivity index (χ2n) is 4.55. The standard InChI is InChI=1S/C15H13Br2NOS/c1-2-10-13(8-5-3-4-6-11(8)19-10)14(18)9-7-12(16)20-15(9)17/h3-7,14H,2,18H2,1H3. The number of hydrogen-bond acceptors (Lipinski definition) is 3. The number of nitrogens with two attached hydrogens (primary N) is 1. The molecule has 0 spiro atoms. The van der Waals surface area contributed by atoms with E-state index in [0.717, 1.165) is 41.9 Å². The lowest BCUT2D eigenvalue weighted by atomic mass is 9.98. The molecule has 2 N–H and O–H groups in total. The van der Waals surface area contributed by atoms with Gasteiger partial charge in [-0.05, 0) is 49.6 Å². The van der Waals surface area contributed by atoms with Crippen LogP contribution in [0.2, 0.25) is 0 Å². The van der Waals surface area contributed by atoms with E-state index < -0.39 is 0 Å². The van der Waals surface area contributed by atoms with Crippen molar-refractivity contribution in [1.29, 1.82) is 0 Å². The van der Waals surface area contributed by atoms with E-state index in [2.05, 4.69) is 50.9 Å². The molecule has 3 rings (SSSR count). The van der Waals surface area contributed by atoms with Crippen LogP contribution in [0.5, 0.6) is 0 Å². The number of fused-ring (bicyclic) bond motifs is 1. The highest BCUT2D eigenvalue weighted by molar-refractivity contribution is 9.12. The van der Waals surface area contributed by atoms with Crippen LogP contribution in [0.4, 0.5) is 0 Å². The number of benzene rings is 1. The van der Waals surface area contributed by atoms with Gasteiger partial charge < -0.3 is 10.2 Å². The molecule has 0 amide bonds. The lowest BCUT2D eigenvalue weighted by Gasteiger charge is -2.11. The van der Waals surface area contributed by atoms with Gasteiger partial charge in [0.05, 0.1) is 13.6 Å². The number of rotatable bonds is 3. The minimum atomic E-state index is -0.189. The van der Waals surface area contributed by atoms with Crippen molar-refractivity contribution >= 4 is 54.2 Å². The molecule has 2 aromatic heterocycles. The molecule has 104 valence electrons. The summed E-state index contributed by atoms with van der Waals surface area (Å²) < 4.78 is 8.06. The Labute approximate surface area is 138 Å². The molecule has 5 heteroatoms. The van der Waals surface area contributed by atoms with Gasteiger partial charge in [-0.15, -0.1) is 11.3 Å². The monoisotopic (exact) mass is 413 g/mol. The Balaban J connectivity index is 2.20. The van der Waals surface area contributed by atoms with E-state index in [1.165, 1.54) is 0 Å². The quantitative estimate of drug-likeness (QED) is 0.603. The van der Waals surface area contributed by atoms with Gasteiger partial charge in [-0.3, -0.25) is 0 Å². The molecule has 3 aromatic rings. The van der Waals surface area contributed by atoms with E-state index in [9.17, 15) is 0 Å². The fraction of sp³-hybridized carbons (Fsp3) is 0.200. The molecule has 0 saturated heterocycles. The van der Waals surface area contributed by atoms with E-state index >= 15 is 0 Å². The van der Waals surface area contributed by atoms with Gasteiger partial charge in [-0.25, -0.2) is 0 Å². The Bertz CT molecular complexity index is 762. The summed E-state index contributed by atoms with van der Waals surface area (Å²) in [5.41, 5.74) is 9.59. The summed E-state index contributed by atoms with van der Waals surface area (Å²) >= 11 is 8.74. The van der Waals surface area contributed by atoms with E-state index in [4.69, 9.17) is 10.2 Å². The first-order valence-corrected chi connectivity index (χ1v) is 8.72. The smallest absolute Gasteiger partial charge is 0.134 e. The molecule has 0 saturated carbocycles. The maximum absolute atomic E-state index is 6.51. The predicted molar refractivity (Wildman–Crippen MR) is 91.3 cm³/mol. The van der Waals surface area contributed by atoms with Crippen molar-refractivity contribution < 1.29 is 4.42 Å². The van der Waals surface area contributed by atoms with Crippen LogP contribution in [0.15, 0.2) is 42.3 Å². The molecular weight excluding hydrogens is 402 g/mol. The molecule has 1 unspecified atom stereocenters. The molecule has 2 nitrogen and oxygen atoms in total. The van der Waals surface area contributed by atoms with E-state index in [-0.39, 0.29) is 6.04 Å². The van der Waals surface area contributed by atoms with Crippen LogP contribution in [0.1, 0.15) is 29.9 Å². The number of para-hydroxylation sites is 1. The maximum atomic E-state index is 6.51. The van der Waals surface area contributed by atoms with Gasteiger partial charge in [-0.1, -0.05) is 25.1 Å². The predicted octanol–water partition coefficient (Wildman–Crippen LogP) is 5.63. The van der Waals surface area contributed by atoms with Crippen LogP contribution >= 0.6 is 43.2 Å². The number of thiophene rings is 1. The Morgan fingerprint density at radius 3 is 2.70 bits per heavy atom. The molecule has 1 atom stereocenters. The zero-order valence-corrected chi connectivity index (χ0v) is 14.8. The lowest BCUT2D eigenvalue weighted by Crippen LogP contribution is -2.12. The van der Waals surface area contributed by atoms with E-state index in [1.807, 2.05) is 18.2 Å². The third kappa shape index (κ3) is 2.37. The normalized spacial score (nSPS) is 13.0. The number of furan rings is 1. The fourth-order valence-electron chi connectivity index (χ4n) is 2.44. The minimum absolute atomic E-state index is 0.189. The first-order valence-electron chi connectivity index (χ1n) is 6.32. The summed E-state index contributed by atoms with van der Waals surface area (Å²) in [6.07, 6.45) is 0.834. The van der Waals surface area contributed by atoms with Crippen molar-refractivity contribution in [3.8, 4) is 0 Å². The molecular formula is C15H13Br2NOS. The van der Waals surface area contributed by atoms with E-state index in [0.29, 0.717) is 0 Å². The van der Waals surface area contributed by atoms with Gasteiger partial charge in [0, 0.05) is 17.4 Å². The highest BCUT2D eigenvalue weighted by atomic mass is 79.9. The van der Waals surface area contributed by atoms with Crippen LogP contribution in [-0.2, 0) is 6.42 Å². The zero-order valence-electron chi connectivity index (χ0n) is 10.8. The van der Waals surface area contributed by atoms with Crippen molar-refractivity contribution in [2.45, 2.75) is 19.4 Å². The summed E-state index contributed by atoms with van der Waals surface area (Å²) in [6.45, 7) is 2.09. The van der Waals surface area contributed by atoms with Crippen molar-refractivity contribution in [3.05, 3.63) is 54.8 Å². The summed E-state index contributed by atoms with van der Waals surface area (Å²) in [5.74, 6) is 0.966. The molecule has 1 aromatic carbocycles. The molecule has 0 fully saturated rings. The Kier molecular flexibility index (Phi) is 4.04. The second kappa shape index (κ2) is 5.64. The first-order chi connectivity index (χ1) is 9.61. The van der Waals surface area contributed by atoms with Gasteiger partial charge in [0.1, 0.15) is 11.3 Å². The van der Waals surface area contributed by atoms with Crippen molar-refractivity contribution in [3.63, 3.8) is 0 Å². The zero-order chi connectivity index (χ0) is 14.3. The SMILES string of the molecule is CCc1oc2ccccc2c1C(N)c1cc(Br)sc1Br. The molecule has 0 aliphatic heterocycles. The van der Waals surface area contributed by atoms with Crippen molar-refractivity contribution in [2.24, 2.45) is 5.73 Å². The summed E-state index contributed by atoms with van der Waals surface area (Å²) in [5, 5.41) is 1.10. The third-order valence-corrected chi connectivity index (χ3v) is 5.75. The lowest BCUT2D eigenvalue weighted by molar-refractivity contribution is 0.546. The summed E-state index contributed by atoms with van der Waals surface area (Å²) in [6, 6.07) is 9.95. The maximum Gasteiger partial charge on any atom is 0.134 e. The van der Waals surface area contributed by atoms with Gasteiger partial charge in [0.2, 0.25) is 0 Å². The number of aryl methyl sites for hydroxylation is 1. The van der Waals surface area contributed by atoms with Crippen LogP contribution in [0, 0.1) is 0 Å². The van der Waals surface area contributed by atoms with Gasteiger partial charge in [0.15, 0.2) is 0 Å². The third-order valence-electron chi connectivity index (χ3n) is 3.36. The van der Waals surface area contributed by atoms with Crippen LogP contribution in [0.3, 0.4) is 0 Å². The largest absolute Gasteiger partial charge is 0.461 e. The fourth-order valence-corrected chi connectivity index (χ4v) is 5.37. The summed E-state index contributed by atoms with van der Waals surface area (Å²) in [7, 11) is 0. The molecule has 20 heavy (non-hydrogen) atoms. The average Bonchev–Trinajstić information content (AvgIpc) is 2.97. The Morgan fingerprint density at radius 2 is 2.05 bits per heavy atom. The minimum Gasteiger partial charge on any atom is -0.461 e. The van der Waals surface area contributed by atoms with Crippen LogP contribution < -0.4 is 5.73 Å². The van der Waals surface area contributed by atoms with E-state index in [1.54, 1.807) is 11.3 Å². The molecule has 0 radical (unpaired) electrons. The van der Waals surface area contributed by atoms with Crippen LogP contribution in [0.25, 0.3) is 11.0 Å². The molecule has 2 heterocycles.